The van der Waals surface area contributed by atoms with Gasteiger partial charge >= 0.3 is 0 Å². The lowest BCUT2D eigenvalue weighted by Gasteiger charge is -2.28. The van der Waals surface area contributed by atoms with E-state index in [1.165, 1.54) is 37.4 Å². The van der Waals surface area contributed by atoms with E-state index in [0.717, 1.165) is 26.2 Å². The first-order valence-electron chi connectivity index (χ1n) is 6.07. The van der Waals surface area contributed by atoms with Crippen LogP contribution in [0.25, 0.3) is 0 Å². The van der Waals surface area contributed by atoms with Crippen molar-refractivity contribution in [2.45, 2.75) is 18.9 Å². The summed E-state index contributed by atoms with van der Waals surface area (Å²) >= 11 is 2.07. The molecule has 0 amide bonds. The Balaban J connectivity index is 1.53. The van der Waals surface area contributed by atoms with Gasteiger partial charge in [-0.3, -0.25) is 4.90 Å². The lowest BCUT2D eigenvalue weighted by atomic mass is 10.1. The molecule has 0 radical (unpaired) electrons. The Morgan fingerprint density at radius 3 is 2.67 bits per heavy atom. The van der Waals surface area contributed by atoms with Gasteiger partial charge in [0.2, 0.25) is 0 Å². The summed E-state index contributed by atoms with van der Waals surface area (Å²) in [6.07, 6.45) is 2.90. The third-order valence-corrected chi connectivity index (χ3v) is 4.09. The van der Waals surface area contributed by atoms with Crippen LogP contribution in [0, 0.1) is 0 Å². The number of piperidine rings is 1. The Kier molecular flexibility index (Phi) is 5.26. The highest BCUT2D eigenvalue weighted by atomic mass is 32.2. The molecular formula is C11H22N2OS. The minimum Gasteiger partial charge on any atom is -0.377 e. The van der Waals surface area contributed by atoms with Gasteiger partial charge in [-0.05, 0) is 25.9 Å². The average Bonchev–Trinajstić information content (AvgIpc) is 2.32. The normalized spacial score (nSPS) is 25.6. The molecule has 0 aromatic carbocycles. The van der Waals surface area contributed by atoms with E-state index in [1.807, 2.05) is 0 Å². The predicted molar refractivity (Wildman–Crippen MR) is 65.6 cm³/mol. The maximum Gasteiger partial charge on any atom is 0.0600 e. The number of thioether (sulfide) groups is 1. The predicted octanol–water partition coefficient (Wildman–Crippen LogP) is 0.804. The second kappa shape index (κ2) is 6.74. The zero-order valence-electron chi connectivity index (χ0n) is 9.41. The van der Waals surface area contributed by atoms with Crippen molar-refractivity contribution in [1.29, 1.82) is 0 Å². The maximum atomic E-state index is 5.90. The second-order valence-corrected chi connectivity index (χ2v) is 5.50. The molecule has 2 saturated heterocycles. The molecule has 88 valence electrons. The quantitative estimate of drug-likeness (QED) is 0.772. The highest BCUT2D eigenvalue weighted by Gasteiger charge is 2.14. The van der Waals surface area contributed by atoms with E-state index in [4.69, 9.17) is 4.74 Å². The Morgan fingerprint density at radius 2 is 1.93 bits per heavy atom. The van der Waals surface area contributed by atoms with E-state index in [2.05, 4.69) is 22.0 Å². The van der Waals surface area contributed by atoms with Gasteiger partial charge in [0, 0.05) is 31.1 Å². The van der Waals surface area contributed by atoms with Crippen molar-refractivity contribution in [3.8, 4) is 0 Å². The molecule has 1 N–H and O–H groups in total. The van der Waals surface area contributed by atoms with Gasteiger partial charge in [0.25, 0.3) is 0 Å². The van der Waals surface area contributed by atoms with E-state index in [0.29, 0.717) is 6.10 Å². The Hall–Kier alpha value is 0.230. The molecule has 2 fully saturated rings. The van der Waals surface area contributed by atoms with Crippen LogP contribution in [0.4, 0.5) is 0 Å². The van der Waals surface area contributed by atoms with Crippen LogP contribution in [0.1, 0.15) is 12.8 Å². The van der Waals surface area contributed by atoms with Crippen molar-refractivity contribution in [2.24, 2.45) is 0 Å². The molecule has 0 bridgehead atoms. The number of ether oxygens (including phenoxy) is 1. The molecule has 3 nitrogen and oxygen atoms in total. The van der Waals surface area contributed by atoms with Crippen LogP contribution in [0.15, 0.2) is 0 Å². The van der Waals surface area contributed by atoms with Gasteiger partial charge in [-0.1, -0.05) is 0 Å². The largest absolute Gasteiger partial charge is 0.377 e. The molecule has 0 unspecified atom stereocenters. The van der Waals surface area contributed by atoms with Crippen LogP contribution in [0.3, 0.4) is 0 Å². The minimum atomic E-state index is 0.519. The summed E-state index contributed by atoms with van der Waals surface area (Å²) in [5.41, 5.74) is 0. The van der Waals surface area contributed by atoms with E-state index >= 15 is 0 Å². The van der Waals surface area contributed by atoms with Crippen LogP contribution in [-0.4, -0.2) is 61.8 Å². The topological polar surface area (TPSA) is 24.5 Å². The van der Waals surface area contributed by atoms with E-state index < -0.39 is 0 Å². The molecule has 0 saturated carbocycles. The van der Waals surface area contributed by atoms with Gasteiger partial charge in [-0.25, -0.2) is 0 Å². The summed E-state index contributed by atoms with van der Waals surface area (Å²) in [5.74, 6) is 2.60. The van der Waals surface area contributed by atoms with Crippen LogP contribution < -0.4 is 5.32 Å². The van der Waals surface area contributed by atoms with Crippen molar-refractivity contribution in [1.82, 2.24) is 10.2 Å². The van der Waals surface area contributed by atoms with Gasteiger partial charge < -0.3 is 10.1 Å². The maximum absolute atomic E-state index is 5.90. The highest BCUT2D eigenvalue weighted by Crippen LogP contribution is 2.10. The average molecular weight is 230 g/mol. The standard InChI is InChI=1S/C11H22N2OS/c1-3-12-4-2-11(1)14-8-5-13-6-9-15-10-7-13/h11-12H,1-10H2. The van der Waals surface area contributed by atoms with Gasteiger partial charge in [0.05, 0.1) is 12.7 Å². The van der Waals surface area contributed by atoms with Gasteiger partial charge in [-0.2, -0.15) is 11.8 Å². The van der Waals surface area contributed by atoms with Gasteiger partial charge in [0.15, 0.2) is 0 Å². The highest BCUT2D eigenvalue weighted by molar-refractivity contribution is 7.99. The molecule has 4 heteroatoms. The molecule has 2 rings (SSSR count). The van der Waals surface area contributed by atoms with Crippen molar-refractivity contribution < 1.29 is 4.74 Å². The summed E-state index contributed by atoms with van der Waals surface area (Å²) in [6, 6.07) is 0. The summed E-state index contributed by atoms with van der Waals surface area (Å²) < 4.78 is 5.90. The Bertz CT molecular complexity index is 150. The summed E-state index contributed by atoms with van der Waals surface area (Å²) in [6.45, 7) is 6.82. The van der Waals surface area contributed by atoms with Crippen LogP contribution >= 0.6 is 11.8 Å². The van der Waals surface area contributed by atoms with E-state index in [-0.39, 0.29) is 0 Å². The molecule has 0 aromatic heterocycles. The smallest absolute Gasteiger partial charge is 0.0600 e. The zero-order chi connectivity index (χ0) is 10.3. The molecule has 0 atom stereocenters. The molecule has 15 heavy (non-hydrogen) atoms. The minimum absolute atomic E-state index is 0.519. The number of nitrogens with one attached hydrogen (secondary N) is 1. The SMILES string of the molecule is C1CC(OCCN2CCSCC2)CCN1. The third kappa shape index (κ3) is 4.31. The fraction of sp³-hybridized carbons (Fsp3) is 1.00. The Morgan fingerprint density at radius 1 is 1.20 bits per heavy atom. The molecule has 0 aliphatic carbocycles. The third-order valence-electron chi connectivity index (χ3n) is 3.15. The van der Waals surface area contributed by atoms with E-state index in [1.54, 1.807) is 0 Å². The summed E-state index contributed by atoms with van der Waals surface area (Å²) in [5, 5.41) is 3.36. The van der Waals surface area contributed by atoms with Gasteiger partial charge in [-0.15, -0.1) is 0 Å². The zero-order valence-corrected chi connectivity index (χ0v) is 10.2. The first-order valence-corrected chi connectivity index (χ1v) is 7.23. The lowest BCUT2D eigenvalue weighted by molar-refractivity contribution is 0.0213. The van der Waals surface area contributed by atoms with Crippen molar-refractivity contribution >= 4 is 11.8 Å². The summed E-state index contributed by atoms with van der Waals surface area (Å²) in [7, 11) is 0. The molecule has 2 aliphatic heterocycles. The fourth-order valence-electron chi connectivity index (χ4n) is 2.14. The lowest BCUT2D eigenvalue weighted by Crippen LogP contribution is -2.37. The molecule has 0 aromatic rings. The Labute approximate surface area is 96.9 Å². The number of hydrogen-bond donors (Lipinski definition) is 1. The van der Waals surface area contributed by atoms with Crippen LogP contribution in [0.5, 0.6) is 0 Å². The summed E-state index contributed by atoms with van der Waals surface area (Å²) in [4.78, 5) is 2.53. The first kappa shape index (κ1) is 11.7. The van der Waals surface area contributed by atoms with Crippen molar-refractivity contribution in [3.05, 3.63) is 0 Å². The molecule has 0 spiro atoms. The van der Waals surface area contributed by atoms with Crippen LogP contribution in [0.2, 0.25) is 0 Å². The number of hydrogen-bond acceptors (Lipinski definition) is 4. The fourth-order valence-corrected chi connectivity index (χ4v) is 3.11. The molecular weight excluding hydrogens is 208 g/mol. The van der Waals surface area contributed by atoms with Crippen molar-refractivity contribution in [2.75, 3.05) is 50.8 Å². The molecule has 2 heterocycles. The monoisotopic (exact) mass is 230 g/mol. The number of rotatable bonds is 4. The first-order chi connectivity index (χ1) is 7.45. The second-order valence-electron chi connectivity index (χ2n) is 4.27. The van der Waals surface area contributed by atoms with E-state index in [9.17, 15) is 0 Å². The molecule has 2 aliphatic rings. The van der Waals surface area contributed by atoms with Crippen LogP contribution in [-0.2, 0) is 4.74 Å². The van der Waals surface area contributed by atoms with Crippen molar-refractivity contribution in [3.63, 3.8) is 0 Å². The number of nitrogens with zero attached hydrogens (tertiary/aromatic N) is 1. The van der Waals surface area contributed by atoms with Gasteiger partial charge in [0.1, 0.15) is 0 Å².